The first kappa shape index (κ1) is 18.0. The molecule has 0 bridgehead atoms. The molecule has 0 spiro atoms. The summed E-state index contributed by atoms with van der Waals surface area (Å²) in [7, 11) is 0. The molecular formula is C19H22N2O5. The quantitative estimate of drug-likeness (QED) is 0.730. The number of nitrogens with zero attached hydrogens (tertiary/aromatic N) is 2. The maximum atomic E-state index is 12.8. The van der Waals surface area contributed by atoms with Crippen LogP contribution in [0.15, 0.2) is 57.0 Å². The van der Waals surface area contributed by atoms with Crippen molar-refractivity contribution < 1.29 is 23.5 Å². The minimum atomic E-state index is -0.773. The molecule has 0 radical (unpaired) electrons. The van der Waals surface area contributed by atoms with Crippen molar-refractivity contribution in [2.45, 2.75) is 19.9 Å². The van der Waals surface area contributed by atoms with E-state index in [0.29, 0.717) is 18.8 Å². The third-order valence-corrected chi connectivity index (χ3v) is 4.66. The number of aliphatic hydroxyl groups is 1. The van der Waals surface area contributed by atoms with Crippen LogP contribution >= 0.6 is 0 Å². The van der Waals surface area contributed by atoms with Gasteiger partial charge in [-0.2, -0.15) is 0 Å². The summed E-state index contributed by atoms with van der Waals surface area (Å²) >= 11 is 0. The summed E-state index contributed by atoms with van der Waals surface area (Å²) < 4.78 is 10.6. The number of likely N-dealkylation sites (N-methyl/N-ethyl adjacent to an activating group) is 1. The first-order valence-corrected chi connectivity index (χ1v) is 8.66. The van der Waals surface area contributed by atoms with E-state index < -0.39 is 23.5 Å². The van der Waals surface area contributed by atoms with Crippen LogP contribution in [0.3, 0.4) is 0 Å². The molecule has 1 atom stereocenters. The molecule has 1 N–H and O–H groups in total. The predicted molar refractivity (Wildman–Crippen MR) is 93.6 cm³/mol. The number of aliphatic hydroxyl groups excluding tert-OH is 1. The van der Waals surface area contributed by atoms with Gasteiger partial charge in [0.1, 0.15) is 11.8 Å². The van der Waals surface area contributed by atoms with Gasteiger partial charge in [-0.05, 0) is 37.4 Å². The molecule has 0 aliphatic carbocycles. The van der Waals surface area contributed by atoms with E-state index in [1.54, 1.807) is 18.2 Å². The van der Waals surface area contributed by atoms with Gasteiger partial charge < -0.3 is 23.7 Å². The van der Waals surface area contributed by atoms with Crippen LogP contribution in [0, 0.1) is 0 Å². The zero-order chi connectivity index (χ0) is 18.7. The van der Waals surface area contributed by atoms with Crippen LogP contribution in [0.5, 0.6) is 0 Å². The Kier molecular flexibility index (Phi) is 5.27. The maximum absolute atomic E-state index is 12.8. The molecule has 3 heterocycles. The van der Waals surface area contributed by atoms with Crippen LogP contribution in [0.25, 0.3) is 0 Å². The molecule has 7 heteroatoms. The average Bonchev–Trinajstić information content (AvgIpc) is 3.39. The summed E-state index contributed by atoms with van der Waals surface area (Å²) in [6.45, 7) is 6.78. The molecule has 1 aliphatic heterocycles. The second-order valence-electron chi connectivity index (χ2n) is 6.01. The summed E-state index contributed by atoms with van der Waals surface area (Å²) in [6, 6.07) is 5.70. The predicted octanol–water partition coefficient (Wildman–Crippen LogP) is 2.79. The third kappa shape index (κ3) is 3.17. The standard InChI is InChI=1S/C19H22N2O5/c1-3-20(4-2)9-10-21-16(13-7-5-11-25-13)15(18(23)19(21)24)17(22)14-8-6-12-26-14/h5-8,11-12,16,23H,3-4,9-10H2,1-2H3/t16-/m0/s1. The fraction of sp³-hybridized carbons (Fsp3) is 0.368. The lowest BCUT2D eigenvalue weighted by molar-refractivity contribution is -0.129. The lowest BCUT2D eigenvalue weighted by Gasteiger charge is -2.27. The Bertz CT molecular complexity index is 788. The molecule has 138 valence electrons. The Hall–Kier alpha value is -2.80. The van der Waals surface area contributed by atoms with Gasteiger partial charge in [0.05, 0.1) is 18.1 Å². The number of carbonyl (C=O) groups is 2. The lowest BCUT2D eigenvalue weighted by Crippen LogP contribution is -2.38. The Morgan fingerprint density at radius 3 is 2.46 bits per heavy atom. The Labute approximate surface area is 151 Å². The van der Waals surface area contributed by atoms with Crippen LogP contribution in [0.1, 0.15) is 36.2 Å². The number of rotatable bonds is 8. The van der Waals surface area contributed by atoms with Gasteiger partial charge in [0.15, 0.2) is 11.5 Å². The van der Waals surface area contributed by atoms with Crippen molar-refractivity contribution in [2.24, 2.45) is 0 Å². The summed E-state index contributed by atoms with van der Waals surface area (Å²) in [5.41, 5.74) is -0.0144. The first-order valence-electron chi connectivity index (χ1n) is 8.66. The second-order valence-corrected chi connectivity index (χ2v) is 6.01. The van der Waals surface area contributed by atoms with Crippen molar-refractivity contribution in [1.29, 1.82) is 0 Å². The number of hydrogen-bond acceptors (Lipinski definition) is 6. The van der Waals surface area contributed by atoms with Gasteiger partial charge in [0.25, 0.3) is 5.91 Å². The highest BCUT2D eigenvalue weighted by atomic mass is 16.3. The van der Waals surface area contributed by atoms with E-state index >= 15 is 0 Å². The van der Waals surface area contributed by atoms with Gasteiger partial charge in [-0.1, -0.05) is 13.8 Å². The minimum Gasteiger partial charge on any atom is -0.503 e. The summed E-state index contributed by atoms with van der Waals surface area (Å²) in [5.74, 6) is -1.15. The third-order valence-electron chi connectivity index (χ3n) is 4.66. The van der Waals surface area contributed by atoms with Crippen molar-refractivity contribution in [1.82, 2.24) is 9.80 Å². The smallest absolute Gasteiger partial charge is 0.290 e. The molecule has 0 unspecified atom stereocenters. The summed E-state index contributed by atoms with van der Waals surface area (Å²) in [5, 5.41) is 10.4. The van der Waals surface area contributed by atoms with Crippen molar-refractivity contribution in [3.05, 3.63) is 59.6 Å². The zero-order valence-corrected chi connectivity index (χ0v) is 14.8. The summed E-state index contributed by atoms with van der Waals surface area (Å²) in [6.07, 6.45) is 2.86. The number of Topliss-reactive ketones (excluding diaryl/α,β-unsaturated/α-hetero) is 1. The van der Waals surface area contributed by atoms with Crippen molar-refractivity contribution in [2.75, 3.05) is 26.2 Å². The normalized spacial score (nSPS) is 17.6. The van der Waals surface area contributed by atoms with Crippen LogP contribution in [-0.2, 0) is 4.79 Å². The average molecular weight is 358 g/mol. The maximum Gasteiger partial charge on any atom is 0.290 e. The van der Waals surface area contributed by atoms with Gasteiger partial charge >= 0.3 is 0 Å². The van der Waals surface area contributed by atoms with Crippen molar-refractivity contribution >= 4 is 11.7 Å². The molecule has 2 aromatic heterocycles. The molecule has 0 fully saturated rings. The Morgan fingerprint density at radius 1 is 1.19 bits per heavy atom. The van der Waals surface area contributed by atoms with E-state index in [9.17, 15) is 14.7 Å². The highest BCUT2D eigenvalue weighted by Gasteiger charge is 2.45. The molecule has 1 aliphatic rings. The monoisotopic (exact) mass is 358 g/mol. The molecule has 0 aromatic carbocycles. The van der Waals surface area contributed by atoms with Crippen LogP contribution in [0.4, 0.5) is 0 Å². The highest BCUT2D eigenvalue weighted by Crippen LogP contribution is 2.39. The molecule has 26 heavy (non-hydrogen) atoms. The van der Waals surface area contributed by atoms with Crippen molar-refractivity contribution in [3.8, 4) is 0 Å². The molecule has 0 saturated heterocycles. The molecule has 2 aromatic rings. The lowest BCUT2D eigenvalue weighted by atomic mass is 10.00. The molecule has 1 amide bonds. The van der Waals surface area contributed by atoms with E-state index in [1.165, 1.54) is 23.5 Å². The molecule has 7 nitrogen and oxygen atoms in total. The van der Waals surface area contributed by atoms with E-state index in [0.717, 1.165) is 13.1 Å². The van der Waals surface area contributed by atoms with Gasteiger partial charge in [0, 0.05) is 13.1 Å². The molecule has 3 rings (SSSR count). The Balaban J connectivity index is 1.94. The van der Waals surface area contributed by atoms with Crippen LogP contribution in [0.2, 0.25) is 0 Å². The van der Waals surface area contributed by atoms with Gasteiger partial charge in [-0.15, -0.1) is 0 Å². The van der Waals surface area contributed by atoms with Gasteiger partial charge in [-0.25, -0.2) is 0 Å². The number of hydrogen-bond donors (Lipinski definition) is 1. The largest absolute Gasteiger partial charge is 0.503 e. The van der Waals surface area contributed by atoms with Crippen molar-refractivity contribution in [3.63, 3.8) is 0 Å². The number of furan rings is 2. The van der Waals surface area contributed by atoms with Gasteiger partial charge in [-0.3, -0.25) is 9.59 Å². The fourth-order valence-electron chi connectivity index (χ4n) is 3.19. The molecular weight excluding hydrogens is 336 g/mol. The first-order chi connectivity index (χ1) is 12.6. The SMILES string of the molecule is CCN(CC)CCN1C(=O)C(O)=C(C(=O)c2ccco2)[C@@H]1c1ccco1. The second kappa shape index (κ2) is 7.61. The van der Waals surface area contributed by atoms with E-state index in [2.05, 4.69) is 4.90 Å². The number of carbonyl (C=O) groups excluding carboxylic acids is 2. The Morgan fingerprint density at radius 2 is 1.88 bits per heavy atom. The summed E-state index contributed by atoms with van der Waals surface area (Å²) in [4.78, 5) is 29.1. The van der Waals surface area contributed by atoms with E-state index in [-0.39, 0.29) is 11.3 Å². The van der Waals surface area contributed by atoms with Gasteiger partial charge in [0.2, 0.25) is 5.78 Å². The zero-order valence-electron chi connectivity index (χ0n) is 14.8. The highest BCUT2D eigenvalue weighted by molar-refractivity contribution is 6.14. The minimum absolute atomic E-state index is 0.0144. The topological polar surface area (TPSA) is 87.1 Å². The number of ketones is 1. The van der Waals surface area contributed by atoms with Crippen LogP contribution in [-0.4, -0.2) is 52.8 Å². The number of amides is 1. The molecule has 0 saturated carbocycles. The fourth-order valence-corrected chi connectivity index (χ4v) is 3.19. The van der Waals surface area contributed by atoms with E-state index in [4.69, 9.17) is 8.83 Å². The van der Waals surface area contributed by atoms with E-state index in [1.807, 2.05) is 13.8 Å². The van der Waals surface area contributed by atoms with Crippen LogP contribution < -0.4 is 0 Å².